The van der Waals surface area contributed by atoms with Crippen LogP contribution in [0.5, 0.6) is 5.75 Å². The molecule has 4 rings (SSSR count). The van der Waals surface area contributed by atoms with Gasteiger partial charge in [0.15, 0.2) is 11.6 Å². The Morgan fingerprint density at radius 2 is 1.93 bits per heavy atom. The Kier molecular flexibility index (Phi) is 4.66. The number of hydrogen-bond donors (Lipinski definition) is 1. The topological polar surface area (TPSA) is 105 Å². The van der Waals surface area contributed by atoms with E-state index in [1.54, 1.807) is 24.3 Å². The highest BCUT2D eigenvalue weighted by Gasteiger charge is 2.09. The molecule has 3 aromatic heterocycles. The Bertz CT molecular complexity index is 1240. The molecule has 0 unspecified atom stereocenters. The molecular formula is C20H13N5O2S. The van der Waals surface area contributed by atoms with Gasteiger partial charge in [0.1, 0.15) is 0 Å². The molecule has 0 saturated heterocycles. The molecule has 0 saturated carbocycles. The van der Waals surface area contributed by atoms with Crippen LogP contribution in [0.1, 0.15) is 10.4 Å². The van der Waals surface area contributed by atoms with Crippen LogP contribution < -0.4 is 5.56 Å². The van der Waals surface area contributed by atoms with E-state index in [2.05, 4.69) is 21.1 Å². The fourth-order valence-electron chi connectivity index (χ4n) is 2.66. The smallest absolute Gasteiger partial charge is 0.267 e. The lowest BCUT2D eigenvalue weighted by Crippen LogP contribution is -2.22. The molecule has 0 spiro atoms. The van der Waals surface area contributed by atoms with Gasteiger partial charge in [-0.1, -0.05) is 12.1 Å². The second-order valence-electron chi connectivity index (χ2n) is 5.97. The maximum absolute atomic E-state index is 12.2. The number of thiophene rings is 1. The summed E-state index contributed by atoms with van der Waals surface area (Å²) < 4.78 is 1.39. The maximum Gasteiger partial charge on any atom is 0.267 e. The van der Waals surface area contributed by atoms with E-state index in [4.69, 9.17) is 5.26 Å². The number of aromatic hydroxyl groups is 1. The van der Waals surface area contributed by atoms with Crippen LogP contribution in [-0.2, 0) is 6.54 Å². The lowest BCUT2D eigenvalue weighted by molar-refractivity contribution is 0.470. The van der Waals surface area contributed by atoms with Crippen LogP contribution in [0, 0.1) is 11.3 Å². The standard InChI is InChI=1S/C20H13N5O2S/c21-8-13-2-1-3-14(6-13)18-4-5-19(27)25(24-18)11-17-7-15(12-28-17)20-22-9-16(26)10-23-20/h1-7,9-10,12,26H,11H2. The Hall–Kier alpha value is -3.83. The van der Waals surface area contributed by atoms with Crippen molar-refractivity contribution >= 4 is 11.3 Å². The van der Waals surface area contributed by atoms with Gasteiger partial charge in [-0.2, -0.15) is 10.4 Å². The molecule has 0 radical (unpaired) electrons. The molecule has 0 aliphatic rings. The Balaban J connectivity index is 1.62. The Labute approximate surface area is 163 Å². The number of rotatable bonds is 4. The van der Waals surface area contributed by atoms with E-state index in [9.17, 15) is 9.90 Å². The number of hydrogen-bond acceptors (Lipinski definition) is 7. The summed E-state index contributed by atoms with van der Waals surface area (Å²) in [6, 6.07) is 14.2. The summed E-state index contributed by atoms with van der Waals surface area (Å²) in [5.74, 6) is 0.509. The van der Waals surface area contributed by atoms with Crippen molar-refractivity contribution in [3.63, 3.8) is 0 Å². The van der Waals surface area contributed by atoms with E-state index in [0.29, 0.717) is 23.6 Å². The highest BCUT2D eigenvalue weighted by Crippen LogP contribution is 2.24. The zero-order valence-corrected chi connectivity index (χ0v) is 15.3. The van der Waals surface area contributed by atoms with Crippen LogP contribution in [0.4, 0.5) is 0 Å². The zero-order chi connectivity index (χ0) is 19.5. The van der Waals surface area contributed by atoms with Crippen molar-refractivity contribution in [1.82, 2.24) is 19.7 Å². The Morgan fingerprint density at radius 1 is 1.11 bits per heavy atom. The van der Waals surface area contributed by atoms with Crippen molar-refractivity contribution in [3.8, 4) is 34.5 Å². The van der Waals surface area contributed by atoms with Gasteiger partial charge in [0.25, 0.3) is 5.56 Å². The van der Waals surface area contributed by atoms with Crippen molar-refractivity contribution in [2.75, 3.05) is 0 Å². The van der Waals surface area contributed by atoms with Gasteiger partial charge in [0.2, 0.25) is 0 Å². The van der Waals surface area contributed by atoms with Gasteiger partial charge in [-0.15, -0.1) is 11.3 Å². The second-order valence-corrected chi connectivity index (χ2v) is 6.97. The van der Waals surface area contributed by atoms with Crippen LogP contribution in [0.25, 0.3) is 22.6 Å². The number of benzene rings is 1. The van der Waals surface area contributed by atoms with Crippen LogP contribution in [0.15, 0.2) is 65.0 Å². The highest BCUT2D eigenvalue weighted by atomic mass is 32.1. The molecule has 1 aromatic carbocycles. The third-order valence-electron chi connectivity index (χ3n) is 4.01. The first-order chi connectivity index (χ1) is 13.6. The zero-order valence-electron chi connectivity index (χ0n) is 14.5. The van der Waals surface area contributed by atoms with Gasteiger partial charge in [0.05, 0.1) is 36.3 Å². The van der Waals surface area contributed by atoms with Gasteiger partial charge >= 0.3 is 0 Å². The summed E-state index contributed by atoms with van der Waals surface area (Å²) in [6.07, 6.45) is 2.68. The van der Waals surface area contributed by atoms with E-state index in [0.717, 1.165) is 16.0 Å². The summed E-state index contributed by atoms with van der Waals surface area (Å²) in [6.45, 7) is 0.313. The number of nitriles is 1. The molecule has 0 atom stereocenters. The van der Waals surface area contributed by atoms with Crippen LogP contribution in [0.3, 0.4) is 0 Å². The molecule has 7 nitrogen and oxygen atoms in total. The van der Waals surface area contributed by atoms with Crippen LogP contribution in [-0.4, -0.2) is 24.9 Å². The largest absolute Gasteiger partial charge is 0.505 e. The summed E-state index contributed by atoms with van der Waals surface area (Å²) in [4.78, 5) is 21.3. The minimum Gasteiger partial charge on any atom is -0.505 e. The normalized spacial score (nSPS) is 10.5. The van der Waals surface area contributed by atoms with E-state index in [1.165, 1.54) is 34.5 Å². The predicted octanol–water partition coefficient (Wildman–Crippen LogP) is 3.05. The van der Waals surface area contributed by atoms with Crippen LogP contribution >= 0.6 is 11.3 Å². The monoisotopic (exact) mass is 387 g/mol. The molecule has 4 aromatic rings. The van der Waals surface area contributed by atoms with Gasteiger partial charge in [-0.3, -0.25) is 4.79 Å². The minimum absolute atomic E-state index is 0.00670. The molecule has 8 heteroatoms. The average Bonchev–Trinajstić information content (AvgIpc) is 3.19. The summed E-state index contributed by atoms with van der Waals surface area (Å²) in [5, 5.41) is 24.7. The first-order valence-electron chi connectivity index (χ1n) is 8.30. The highest BCUT2D eigenvalue weighted by molar-refractivity contribution is 7.10. The summed E-state index contributed by atoms with van der Waals surface area (Å²) in [7, 11) is 0. The van der Waals surface area contributed by atoms with Crippen LogP contribution in [0.2, 0.25) is 0 Å². The molecule has 0 aliphatic carbocycles. The third-order valence-corrected chi connectivity index (χ3v) is 4.93. The van der Waals surface area contributed by atoms with Crippen molar-refractivity contribution in [1.29, 1.82) is 5.26 Å². The van der Waals surface area contributed by atoms with E-state index in [-0.39, 0.29) is 11.3 Å². The first-order valence-corrected chi connectivity index (χ1v) is 9.18. The van der Waals surface area contributed by atoms with Crippen molar-refractivity contribution in [2.24, 2.45) is 0 Å². The molecule has 0 bridgehead atoms. The summed E-state index contributed by atoms with van der Waals surface area (Å²) in [5.41, 5.74) is 2.53. The molecule has 3 heterocycles. The van der Waals surface area contributed by atoms with E-state index >= 15 is 0 Å². The molecule has 0 aliphatic heterocycles. The number of nitrogens with zero attached hydrogens (tertiary/aromatic N) is 5. The van der Waals surface area contributed by atoms with Gasteiger partial charge in [-0.25, -0.2) is 14.6 Å². The fraction of sp³-hybridized carbons (Fsp3) is 0.0500. The predicted molar refractivity (Wildman–Crippen MR) is 105 cm³/mol. The fourth-order valence-corrected chi connectivity index (χ4v) is 3.51. The molecule has 0 amide bonds. The van der Waals surface area contributed by atoms with E-state index in [1.807, 2.05) is 17.5 Å². The van der Waals surface area contributed by atoms with Gasteiger partial charge in [0, 0.05) is 27.5 Å². The second kappa shape index (κ2) is 7.42. The molecule has 1 N–H and O–H groups in total. The van der Waals surface area contributed by atoms with Crippen molar-refractivity contribution in [2.45, 2.75) is 6.54 Å². The first kappa shape index (κ1) is 17.6. The third kappa shape index (κ3) is 3.65. The van der Waals surface area contributed by atoms with E-state index < -0.39 is 0 Å². The lowest BCUT2D eigenvalue weighted by atomic mass is 10.1. The molecule has 28 heavy (non-hydrogen) atoms. The van der Waals surface area contributed by atoms with Crippen molar-refractivity contribution in [3.05, 3.63) is 81.0 Å². The molecular weight excluding hydrogens is 374 g/mol. The Morgan fingerprint density at radius 3 is 2.71 bits per heavy atom. The quantitative estimate of drug-likeness (QED) is 0.577. The summed E-state index contributed by atoms with van der Waals surface area (Å²) >= 11 is 1.47. The maximum atomic E-state index is 12.2. The van der Waals surface area contributed by atoms with Gasteiger partial charge in [-0.05, 0) is 24.3 Å². The van der Waals surface area contributed by atoms with Gasteiger partial charge < -0.3 is 5.11 Å². The van der Waals surface area contributed by atoms with Crippen molar-refractivity contribution < 1.29 is 5.11 Å². The molecule has 136 valence electrons. The average molecular weight is 387 g/mol. The lowest BCUT2D eigenvalue weighted by Gasteiger charge is -2.06. The molecule has 0 fully saturated rings. The number of aromatic nitrogens is 4. The minimum atomic E-state index is -0.212. The SMILES string of the molecule is N#Cc1cccc(-c2ccc(=O)n(Cc3cc(-c4ncc(O)cn4)cs3)n2)c1.